The normalized spacial score (nSPS) is 11.4. The van der Waals surface area contributed by atoms with Crippen LogP contribution in [-0.4, -0.2) is 10.2 Å². The second-order valence-electron chi connectivity index (χ2n) is 3.69. The highest BCUT2D eigenvalue weighted by Crippen LogP contribution is 2.29. The number of hydrogen-bond donors (Lipinski definition) is 0. The molecule has 0 N–H and O–H groups in total. The Balaban J connectivity index is 3.58. The number of hydrogen-bond acceptors (Lipinski definition) is 3. The summed E-state index contributed by atoms with van der Waals surface area (Å²) in [6.07, 6.45) is 1.78. The molecule has 0 aliphatic rings. The van der Waals surface area contributed by atoms with Crippen molar-refractivity contribution >= 4 is 28.1 Å². The predicted molar refractivity (Wildman–Crippen MR) is 67.3 cm³/mol. The highest BCUT2D eigenvalue weighted by molar-refractivity contribution is 6.68. The Kier molecular flexibility index (Phi) is 4.02. The molecular formula is C12H12ClNO3. The van der Waals surface area contributed by atoms with Crippen molar-refractivity contribution in [1.82, 2.24) is 0 Å². The minimum Gasteiger partial charge on any atom is -0.276 e. The first-order chi connectivity index (χ1) is 7.88. The first-order valence-corrected chi connectivity index (χ1v) is 5.38. The van der Waals surface area contributed by atoms with Gasteiger partial charge in [0.15, 0.2) is 0 Å². The van der Waals surface area contributed by atoms with Gasteiger partial charge in [-0.25, -0.2) is 0 Å². The third-order valence-corrected chi connectivity index (χ3v) is 2.81. The van der Waals surface area contributed by atoms with Crippen molar-refractivity contribution in [2.45, 2.75) is 20.8 Å². The minimum absolute atomic E-state index is 0.102. The molecule has 0 atom stereocenters. The maximum Gasteiger partial charge on any atom is 0.277 e. The van der Waals surface area contributed by atoms with Gasteiger partial charge < -0.3 is 0 Å². The van der Waals surface area contributed by atoms with Crippen molar-refractivity contribution in [3.63, 3.8) is 0 Å². The van der Waals surface area contributed by atoms with E-state index in [0.717, 1.165) is 5.57 Å². The lowest BCUT2D eigenvalue weighted by atomic mass is 9.99. The van der Waals surface area contributed by atoms with Crippen molar-refractivity contribution in [3.8, 4) is 0 Å². The molecule has 0 spiro atoms. The molecule has 5 heteroatoms. The summed E-state index contributed by atoms with van der Waals surface area (Å²) in [5.74, 6) is 0. The first-order valence-electron chi connectivity index (χ1n) is 5.00. The molecule has 0 aromatic heterocycles. The Morgan fingerprint density at radius 2 is 2.00 bits per heavy atom. The number of nitro benzene ring substituents is 1. The fourth-order valence-corrected chi connectivity index (χ4v) is 1.73. The number of rotatable bonds is 3. The number of aryl methyl sites for hydroxylation is 1. The highest BCUT2D eigenvalue weighted by Gasteiger charge is 2.19. The van der Waals surface area contributed by atoms with Crippen LogP contribution >= 0.6 is 11.6 Å². The number of allylic oxidation sites excluding steroid dienone is 2. The minimum atomic E-state index is -0.685. The van der Waals surface area contributed by atoms with E-state index >= 15 is 0 Å². The summed E-state index contributed by atoms with van der Waals surface area (Å²) in [5, 5.41) is 10.3. The van der Waals surface area contributed by atoms with E-state index in [4.69, 9.17) is 11.6 Å². The highest BCUT2D eigenvalue weighted by atomic mass is 35.5. The molecule has 1 rings (SSSR count). The van der Waals surface area contributed by atoms with Gasteiger partial charge in [-0.3, -0.25) is 14.9 Å². The van der Waals surface area contributed by atoms with Gasteiger partial charge in [-0.05, 0) is 49.6 Å². The van der Waals surface area contributed by atoms with Crippen LogP contribution in [0.3, 0.4) is 0 Å². The van der Waals surface area contributed by atoms with Gasteiger partial charge in [-0.1, -0.05) is 6.08 Å². The standard InChI is InChI=1S/C12H12ClNO3/c1-4-7(2)9-5-8(3)10(12(13)15)6-11(9)14(16)17/h4-6H,1-3H3/b7-4-. The van der Waals surface area contributed by atoms with Crippen molar-refractivity contribution in [2.75, 3.05) is 0 Å². The number of carbonyl (C=O) groups is 1. The fourth-order valence-electron chi connectivity index (χ4n) is 1.53. The summed E-state index contributed by atoms with van der Waals surface area (Å²) >= 11 is 5.37. The van der Waals surface area contributed by atoms with Crippen LogP contribution in [0.4, 0.5) is 5.69 Å². The summed E-state index contributed by atoms with van der Waals surface area (Å²) in [4.78, 5) is 21.6. The summed E-state index contributed by atoms with van der Waals surface area (Å²) in [5.41, 5.74) is 2.00. The van der Waals surface area contributed by atoms with Gasteiger partial charge in [0.1, 0.15) is 0 Å². The lowest BCUT2D eigenvalue weighted by molar-refractivity contribution is -0.385. The van der Waals surface area contributed by atoms with Gasteiger partial charge in [0.25, 0.3) is 10.9 Å². The zero-order valence-electron chi connectivity index (χ0n) is 9.78. The molecular weight excluding hydrogens is 242 g/mol. The predicted octanol–water partition coefficient (Wildman–Crippen LogP) is 3.71. The molecule has 0 saturated heterocycles. The summed E-state index contributed by atoms with van der Waals surface area (Å²) < 4.78 is 0. The number of nitro groups is 1. The maximum atomic E-state index is 11.1. The third-order valence-electron chi connectivity index (χ3n) is 2.61. The summed E-state index contributed by atoms with van der Waals surface area (Å²) in [6, 6.07) is 2.84. The molecule has 17 heavy (non-hydrogen) atoms. The van der Waals surface area contributed by atoms with Crippen molar-refractivity contribution in [3.05, 3.63) is 45.0 Å². The smallest absolute Gasteiger partial charge is 0.276 e. The average Bonchev–Trinajstić information content (AvgIpc) is 2.26. The lowest BCUT2D eigenvalue weighted by Gasteiger charge is -2.07. The van der Waals surface area contributed by atoms with E-state index in [1.165, 1.54) is 6.07 Å². The molecule has 1 aromatic rings. The van der Waals surface area contributed by atoms with Gasteiger partial charge in [0.2, 0.25) is 0 Å². The van der Waals surface area contributed by atoms with Crippen LogP contribution in [0.2, 0.25) is 0 Å². The van der Waals surface area contributed by atoms with E-state index < -0.39 is 10.2 Å². The Hall–Kier alpha value is -1.68. The lowest BCUT2D eigenvalue weighted by Crippen LogP contribution is -2.00. The molecule has 0 amide bonds. The molecule has 0 heterocycles. The molecule has 0 unspecified atom stereocenters. The van der Waals surface area contributed by atoms with E-state index in [2.05, 4.69) is 0 Å². The fraction of sp³-hybridized carbons (Fsp3) is 0.250. The molecule has 4 nitrogen and oxygen atoms in total. The van der Waals surface area contributed by atoms with Gasteiger partial charge in [0, 0.05) is 11.6 Å². The zero-order valence-corrected chi connectivity index (χ0v) is 10.5. The van der Waals surface area contributed by atoms with Crippen LogP contribution < -0.4 is 0 Å². The number of nitrogens with zero attached hydrogens (tertiary/aromatic N) is 1. The van der Waals surface area contributed by atoms with Crippen molar-refractivity contribution in [1.29, 1.82) is 0 Å². The second kappa shape index (κ2) is 5.10. The molecule has 0 aliphatic heterocycles. The molecule has 0 radical (unpaired) electrons. The zero-order chi connectivity index (χ0) is 13.2. The van der Waals surface area contributed by atoms with Gasteiger partial charge in [-0.15, -0.1) is 0 Å². The Morgan fingerprint density at radius 3 is 2.41 bits per heavy atom. The van der Waals surface area contributed by atoms with E-state index in [1.807, 2.05) is 0 Å². The van der Waals surface area contributed by atoms with Crippen molar-refractivity contribution in [2.24, 2.45) is 0 Å². The molecule has 0 saturated carbocycles. The summed E-state index contributed by atoms with van der Waals surface area (Å²) in [7, 11) is 0. The van der Waals surface area contributed by atoms with Crippen molar-refractivity contribution < 1.29 is 9.72 Å². The Labute approximate surface area is 104 Å². The van der Waals surface area contributed by atoms with Crippen LogP contribution in [0.25, 0.3) is 5.57 Å². The maximum absolute atomic E-state index is 11.1. The Morgan fingerprint density at radius 1 is 1.41 bits per heavy atom. The monoisotopic (exact) mass is 253 g/mol. The van der Waals surface area contributed by atoms with Crippen LogP contribution in [0.15, 0.2) is 18.2 Å². The Bertz CT molecular complexity index is 521. The van der Waals surface area contributed by atoms with Crippen LogP contribution in [0.5, 0.6) is 0 Å². The van der Waals surface area contributed by atoms with E-state index in [1.54, 1.807) is 32.9 Å². The van der Waals surface area contributed by atoms with Gasteiger partial charge in [-0.2, -0.15) is 0 Å². The average molecular weight is 254 g/mol. The number of benzene rings is 1. The second-order valence-corrected chi connectivity index (χ2v) is 4.03. The van der Waals surface area contributed by atoms with E-state index in [0.29, 0.717) is 11.1 Å². The molecule has 0 bridgehead atoms. The quantitative estimate of drug-likeness (QED) is 0.469. The largest absolute Gasteiger partial charge is 0.277 e. The van der Waals surface area contributed by atoms with Crippen LogP contribution in [0.1, 0.15) is 35.3 Å². The van der Waals surface area contributed by atoms with Crippen LogP contribution in [0, 0.1) is 17.0 Å². The van der Waals surface area contributed by atoms with E-state index in [-0.39, 0.29) is 11.3 Å². The summed E-state index contributed by atoms with van der Waals surface area (Å²) in [6.45, 7) is 5.28. The molecule has 1 aromatic carbocycles. The molecule has 0 fully saturated rings. The van der Waals surface area contributed by atoms with Crippen LogP contribution in [-0.2, 0) is 0 Å². The third kappa shape index (κ3) is 2.71. The molecule has 90 valence electrons. The van der Waals surface area contributed by atoms with Gasteiger partial charge >= 0.3 is 0 Å². The SMILES string of the molecule is C/C=C(/C)c1cc(C)c(C(=O)Cl)cc1[N+](=O)[O-]. The van der Waals surface area contributed by atoms with E-state index in [9.17, 15) is 14.9 Å². The van der Waals surface area contributed by atoms with Gasteiger partial charge in [0.05, 0.1) is 10.5 Å². The number of halogens is 1. The number of carbonyl (C=O) groups excluding carboxylic acids is 1. The molecule has 0 aliphatic carbocycles. The first kappa shape index (κ1) is 13.4. The topological polar surface area (TPSA) is 60.2 Å².